The van der Waals surface area contributed by atoms with Crippen molar-refractivity contribution in [3.05, 3.63) is 130 Å². The monoisotopic (exact) mass is 1030 g/mol. The minimum Gasteiger partial charge on any atom is -0.456 e. The Hall–Kier alpha value is -8.04. The zero-order valence-corrected chi connectivity index (χ0v) is 40.2. The molecule has 3 saturated heterocycles. The standard InChI is InChI=1S/C46H50N10O16S/c1-24-37-36(26(3)57)42(60)53(37)38(43(61)70-21-27-4-10-31(11-5-27)54(64)65)39(24)73-34-18-35(47-19-34)41(59)52-17-16-30(20-52)49-40(58)25(2)48-44(50-45(62)71-22-28-6-12-32(13-7-28)55(66)67)51-46(63)72-23-29-8-14-33(15-9-29)56(68)69/h4-15,24-26,30,34-37,47,57H,16-23H2,1-3H3,(H,49,58)(H2,48,50,51,62,63)/t24-,25-,26-,30+,34+,35+,36-,37-/m1/s1. The number of nitro groups is 3. The summed E-state index contributed by atoms with van der Waals surface area (Å²) in [4.78, 5) is 119. The number of β-lactam (4-membered cyclic amide) rings is 1. The number of carbonyl (C=O) groups excluding carboxylic acids is 6. The van der Waals surface area contributed by atoms with E-state index in [9.17, 15) is 64.2 Å². The lowest BCUT2D eigenvalue weighted by atomic mass is 9.79. The van der Waals surface area contributed by atoms with Gasteiger partial charge >= 0.3 is 18.2 Å². The normalized spacial score (nSPS) is 21.7. The number of fused-ring (bicyclic) bond motifs is 1. The lowest BCUT2D eigenvalue weighted by Crippen LogP contribution is -2.63. The van der Waals surface area contributed by atoms with Gasteiger partial charge in [0.05, 0.1) is 38.9 Å². The van der Waals surface area contributed by atoms with Crippen LogP contribution >= 0.6 is 11.8 Å². The molecule has 8 atom stereocenters. The molecule has 7 rings (SSSR count). The summed E-state index contributed by atoms with van der Waals surface area (Å²) in [5.41, 5.74) is 0.877. The van der Waals surface area contributed by atoms with Crippen molar-refractivity contribution < 1.29 is 62.9 Å². The van der Waals surface area contributed by atoms with Crippen LogP contribution in [0.5, 0.6) is 0 Å². The number of guanidine groups is 1. The predicted molar refractivity (Wildman–Crippen MR) is 256 cm³/mol. The number of hydrogen-bond acceptors (Lipinski definition) is 19. The van der Waals surface area contributed by atoms with Crippen LogP contribution in [0.15, 0.2) is 88.4 Å². The molecule has 5 N–H and O–H groups in total. The van der Waals surface area contributed by atoms with Crippen molar-refractivity contribution >= 4 is 70.7 Å². The van der Waals surface area contributed by atoms with Crippen LogP contribution in [0.25, 0.3) is 0 Å². The van der Waals surface area contributed by atoms with E-state index in [4.69, 9.17) is 14.2 Å². The molecule has 0 unspecified atom stereocenters. The number of rotatable bonds is 17. The van der Waals surface area contributed by atoms with Gasteiger partial charge in [-0.15, -0.1) is 11.8 Å². The van der Waals surface area contributed by atoms with Gasteiger partial charge in [-0.05, 0) is 79.8 Å². The fourth-order valence-electron chi connectivity index (χ4n) is 8.72. The van der Waals surface area contributed by atoms with Crippen LogP contribution in [0.3, 0.4) is 0 Å². The Morgan fingerprint density at radius 2 is 1.30 bits per heavy atom. The number of amides is 5. The molecule has 0 radical (unpaired) electrons. The summed E-state index contributed by atoms with van der Waals surface area (Å²) >= 11 is 1.36. The second-order valence-corrected chi connectivity index (χ2v) is 18.9. The maximum absolute atomic E-state index is 13.9. The summed E-state index contributed by atoms with van der Waals surface area (Å²) in [6.07, 6.45) is -2.46. The van der Waals surface area contributed by atoms with E-state index in [1.54, 1.807) is 4.90 Å². The van der Waals surface area contributed by atoms with Crippen molar-refractivity contribution in [2.75, 3.05) is 19.6 Å². The molecule has 4 aliphatic heterocycles. The van der Waals surface area contributed by atoms with Crippen LogP contribution in [0.1, 0.15) is 50.3 Å². The van der Waals surface area contributed by atoms with Gasteiger partial charge in [-0.1, -0.05) is 6.92 Å². The summed E-state index contributed by atoms with van der Waals surface area (Å²) in [6, 6.07) is 13.1. The average Bonchev–Trinajstić information content (AvgIpc) is 4.09. The van der Waals surface area contributed by atoms with E-state index in [-0.39, 0.29) is 66.2 Å². The summed E-state index contributed by atoms with van der Waals surface area (Å²) in [5.74, 6) is -3.64. The summed E-state index contributed by atoms with van der Waals surface area (Å²) < 4.78 is 16.0. The number of non-ortho nitro benzene ring substituents is 3. The zero-order chi connectivity index (χ0) is 52.7. The topological polar surface area (TPSA) is 347 Å². The molecule has 3 aromatic rings. The molecule has 0 aliphatic carbocycles. The molecule has 3 fully saturated rings. The van der Waals surface area contributed by atoms with Crippen molar-refractivity contribution in [3.63, 3.8) is 0 Å². The number of nitro benzene ring substituents is 3. The molecule has 4 heterocycles. The number of ether oxygens (including phenoxy) is 3. The molecular weight excluding hydrogens is 981 g/mol. The van der Waals surface area contributed by atoms with E-state index >= 15 is 0 Å². The molecule has 386 valence electrons. The first-order valence-electron chi connectivity index (χ1n) is 22.8. The Morgan fingerprint density at radius 3 is 1.78 bits per heavy atom. The van der Waals surface area contributed by atoms with Crippen molar-refractivity contribution in [2.24, 2.45) is 16.8 Å². The van der Waals surface area contributed by atoms with E-state index in [1.807, 2.05) is 6.92 Å². The van der Waals surface area contributed by atoms with Gasteiger partial charge in [0, 0.05) is 78.1 Å². The van der Waals surface area contributed by atoms with Gasteiger partial charge in [0.1, 0.15) is 31.6 Å². The summed E-state index contributed by atoms with van der Waals surface area (Å²) in [6.45, 7) is 4.72. The minimum atomic E-state index is -1.24. The Morgan fingerprint density at radius 1 is 0.808 bits per heavy atom. The highest BCUT2D eigenvalue weighted by Gasteiger charge is 2.60. The maximum Gasteiger partial charge on any atom is 0.414 e. The highest BCUT2D eigenvalue weighted by Crippen LogP contribution is 2.52. The lowest BCUT2D eigenvalue weighted by molar-refractivity contribution is -0.385. The Bertz CT molecular complexity index is 2640. The number of likely N-dealkylation sites (tertiary alicyclic amines) is 1. The van der Waals surface area contributed by atoms with Gasteiger partial charge < -0.3 is 39.8 Å². The van der Waals surface area contributed by atoms with Crippen molar-refractivity contribution in [3.8, 4) is 0 Å². The lowest BCUT2D eigenvalue weighted by Gasteiger charge is -2.46. The SMILES string of the molecule is C[C@@H](N=C(NC(=O)OCc1ccc([N+](=O)[O-])cc1)NC(=O)OCc1ccc([N+](=O)[O-])cc1)C(=O)N[C@H]1CCN(C(=O)[C@@H]2C[C@H](SC3=C(C(=O)OCc4ccc([N+](=O)[O-])cc4)N4C(=O)[C@H]([C@@H](C)O)[C@H]4[C@H]3C)CN2)C1. The van der Waals surface area contributed by atoms with Gasteiger partial charge in [0.15, 0.2) is 0 Å². The number of aliphatic hydroxyl groups is 1. The van der Waals surface area contributed by atoms with Gasteiger partial charge in [-0.2, -0.15) is 0 Å². The van der Waals surface area contributed by atoms with E-state index in [0.29, 0.717) is 47.5 Å². The van der Waals surface area contributed by atoms with Gasteiger partial charge in [0.2, 0.25) is 23.7 Å². The zero-order valence-electron chi connectivity index (χ0n) is 39.4. The maximum atomic E-state index is 13.9. The van der Waals surface area contributed by atoms with Crippen molar-refractivity contribution in [1.82, 2.24) is 31.1 Å². The number of aliphatic imine (C=N–C) groups is 1. The number of alkyl carbamates (subject to hydrolysis) is 2. The van der Waals surface area contributed by atoms with Crippen LogP contribution in [0.4, 0.5) is 26.7 Å². The number of nitrogens with zero attached hydrogens (tertiary/aromatic N) is 6. The number of benzene rings is 3. The highest BCUT2D eigenvalue weighted by molar-refractivity contribution is 8.03. The third kappa shape index (κ3) is 12.7. The number of carbonyl (C=O) groups is 6. The van der Waals surface area contributed by atoms with Crippen LogP contribution in [-0.2, 0) is 53.2 Å². The van der Waals surface area contributed by atoms with Crippen LogP contribution in [0.2, 0.25) is 0 Å². The van der Waals surface area contributed by atoms with Crippen LogP contribution in [-0.4, -0.2) is 127 Å². The first-order valence-corrected chi connectivity index (χ1v) is 23.7. The largest absolute Gasteiger partial charge is 0.456 e. The second-order valence-electron chi connectivity index (χ2n) is 17.6. The van der Waals surface area contributed by atoms with Crippen molar-refractivity contribution in [2.45, 2.75) is 89.0 Å². The molecule has 0 saturated carbocycles. The summed E-state index contributed by atoms with van der Waals surface area (Å²) in [7, 11) is 0. The molecule has 0 aromatic heterocycles. The molecule has 3 aromatic carbocycles. The summed E-state index contributed by atoms with van der Waals surface area (Å²) in [5, 5.41) is 53.9. The van der Waals surface area contributed by atoms with Gasteiger partial charge in [-0.3, -0.25) is 55.4 Å². The van der Waals surface area contributed by atoms with E-state index in [0.717, 1.165) is 0 Å². The molecule has 4 aliphatic rings. The fraction of sp³-hybridized carbons (Fsp3) is 0.413. The highest BCUT2D eigenvalue weighted by atomic mass is 32.2. The van der Waals surface area contributed by atoms with E-state index in [1.165, 1.54) is 103 Å². The molecule has 26 nitrogen and oxygen atoms in total. The quantitative estimate of drug-likeness (QED) is 0.0246. The molecule has 0 bridgehead atoms. The Kier molecular flexibility index (Phi) is 16.6. The Balaban J connectivity index is 0.943. The van der Waals surface area contributed by atoms with E-state index < -0.39 is 86.9 Å². The predicted octanol–water partition coefficient (Wildman–Crippen LogP) is 3.30. The molecule has 5 amide bonds. The van der Waals surface area contributed by atoms with Gasteiger partial charge in [-0.25, -0.2) is 19.4 Å². The molecular formula is C46H50N10O16S. The second kappa shape index (κ2) is 23.0. The number of nitrogens with one attached hydrogen (secondary N) is 4. The Labute approximate surface area is 419 Å². The molecule has 0 spiro atoms. The minimum absolute atomic E-state index is 0.0655. The fourth-order valence-corrected chi connectivity index (χ4v) is 10.2. The number of hydrogen-bond donors (Lipinski definition) is 5. The van der Waals surface area contributed by atoms with E-state index in [2.05, 4.69) is 26.3 Å². The molecule has 73 heavy (non-hydrogen) atoms. The van der Waals surface area contributed by atoms with Gasteiger partial charge in [0.25, 0.3) is 17.1 Å². The molecule has 27 heteroatoms. The smallest absolute Gasteiger partial charge is 0.414 e. The number of thioether (sulfide) groups is 1. The first kappa shape index (κ1) is 52.8. The van der Waals surface area contributed by atoms with Crippen LogP contribution in [0, 0.1) is 42.2 Å². The third-order valence-electron chi connectivity index (χ3n) is 12.5. The average molecular weight is 1030 g/mol. The number of esters is 1. The van der Waals surface area contributed by atoms with Crippen molar-refractivity contribution in [1.29, 1.82) is 0 Å². The number of aliphatic hydroxyl groups excluding tert-OH is 1. The van der Waals surface area contributed by atoms with Crippen LogP contribution < -0.4 is 21.3 Å². The first-order chi connectivity index (χ1) is 34.8. The third-order valence-corrected chi connectivity index (χ3v) is 14.0.